The molecule has 0 aliphatic heterocycles. The lowest BCUT2D eigenvalue weighted by Crippen LogP contribution is -2.22. The summed E-state index contributed by atoms with van der Waals surface area (Å²) in [6, 6.07) is 4.31. The van der Waals surface area contributed by atoms with E-state index < -0.39 is 0 Å². The van der Waals surface area contributed by atoms with Crippen LogP contribution in [0.5, 0.6) is 0 Å². The molecule has 1 N–H and O–H groups in total. The number of benzene rings is 1. The van der Waals surface area contributed by atoms with E-state index in [-0.39, 0.29) is 0 Å². The summed E-state index contributed by atoms with van der Waals surface area (Å²) in [4.78, 5) is 0. The molecule has 0 amide bonds. The molecule has 2 heteroatoms. The number of hydrogen-bond acceptors (Lipinski definition) is 2. The number of nitrogens with one attached hydrogen (secondary N) is 1. The van der Waals surface area contributed by atoms with Crippen molar-refractivity contribution in [2.45, 2.75) is 34.1 Å². The molecule has 0 radical (unpaired) electrons. The van der Waals surface area contributed by atoms with Crippen molar-refractivity contribution in [3.05, 3.63) is 35.1 Å². The summed E-state index contributed by atoms with van der Waals surface area (Å²) in [6.07, 6.45) is 2.95. The molecule has 0 fully saturated rings. The zero-order valence-corrected chi connectivity index (χ0v) is 11.8. The Morgan fingerprint density at radius 2 is 1.89 bits per heavy atom. The summed E-state index contributed by atoms with van der Waals surface area (Å²) in [5.41, 5.74) is 4.90. The lowest BCUT2D eigenvalue weighted by molar-refractivity contribution is 0.552. The molecule has 0 atom stereocenters. The maximum Gasteiger partial charge on any atom is 0.137 e. The minimum Gasteiger partial charge on any atom is -0.464 e. The van der Waals surface area contributed by atoms with E-state index in [0.717, 1.165) is 25.1 Å². The Morgan fingerprint density at radius 3 is 2.61 bits per heavy atom. The van der Waals surface area contributed by atoms with Crippen molar-refractivity contribution in [1.29, 1.82) is 0 Å². The average Bonchev–Trinajstić information content (AvgIpc) is 2.74. The van der Waals surface area contributed by atoms with E-state index in [1.807, 2.05) is 6.26 Å². The molecule has 1 aromatic heterocycles. The first-order valence-electron chi connectivity index (χ1n) is 6.76. The van der Waals surface area contributed by atoms with Crippen molar-refractivity contribution in [2.24, 2.45) is 5.92 Å². The quantitative estimate of drug-likeness (QED) is 0.810. The van der Waals surface area contributed by atoms with Gasteiger partial charge in [-0.15, -0.1) is 0 Å². The molecule has 1 heterocycles. The summed E-state index contributed by atoms with van der Waals surface area (Å²) in [5, 5.41) is 4.79. The van der Waals surface area contributed by atoms with E-state index in [9.17, 15) is 0 Å². The standard InChI is InChI=1S/C16H23NO/c1-11(2)9-17-8-7-14-10-18-16-13(4)6-5-12(3)15(14)16/h5-6,10-11,17H,7-9H2,1-4H3. The fourth-order valence-electron chi connectivity index (χ4n) is 2.32. The Hall–Kier alpha value is -1.28. The maximum atomic E-state index is 5.71. The van der Waals surface area contributed by atoms with Gasteiger partial charge in [-0.1, -0.05) is 26.0 Å². The van der Waals surface area contributed by atoms with E-state index in [1.165, 1.54) is 22.1 Å². The molecule has 0 unspecified atom stereocenters. The van der Waals surface area contributed by atoms with Crippen molar-refractivity contribution in [1.82, 2.24) is 5.32 Å². The molecular formula is C16H23NO. The van der Waals surface area contributed by atoms with Crippen LogP contribution in [-0.4, -0.2) is 13.1 Å². The Bertz CT molecular complexity index is 525. The third-order valence-electron chi connectivity index (χ3n) is 3.33. The molecule has 0 saturated heterocycles. The monoisotopic (exact) mass is 245 g/mol. The average molecular weight is 245 g/mol. The van der Waals surface area contributed by atoms with Crippen LogP contribution in [0.2, 0.25) is 0 Å². The highest BCUT2D eigenvalue weighted by molar-refractivity contribution is 5.87. The minimum absolute atomic E-state index is 0.704. The van der Waals surface area contributed by atoms with Crippen LogP contribution in [0.15, 0.2) is 22.8 Å². The van der Waals surface area contributed by atoms with Crippen LogP contribution in [0.25, 0.3) is 11.0 Å². The molecule has 98 valence electrons. The van der Waals surface area contributed by atoms with Crippen LogP contribution in [0.1, 0.15) is 30.5 Å². The van der Waals surface area contributed by atoms with Gasteiger partial charge < -0.3 is 9.73 Å². The SMILES string of the molecule is Cc1ccc(C)c2c(CCNCC(C)C)coc12. The predicted molar refractivity (Wildman–Crippen MR) is 77.1 cm³/mol. The van der Waals surface area contributed by atoms with Gasteiger partial charge in [-0.05, 0) is 56.0 Å². The van der Waals surface area contributed by atoms with Crippen LogP contribution >= 0.6 is 0 Å². The van der Waals surface area contributed by atoms with E-state index in [1.54, 1.807) is 0 Å². The second-order valence-electron chi connectivity index (χ2n) is 5.51. The summed E-state index contributed by atoms with van der Waals surface area (Å²) in [6.45, 7) is 10.8. The smallest absolute Gasteiger partial charge is 0.137 e. The van der Waals surface area contributed by atoms with Gasteiger partial charge in [-0.25, -0.2) is 0 Å². The Balaban J connectivity index is 2.12. The topological polar surface area (TPSA) is 25.2 Å². The fourth-order valence-corrected chi connectivity index (χ4v) is 2.32. The summed E-state index contributed by atoms with van der Waals surface area (Å²) < 4.78 is 5.71. The predicted octanol–water partition coefficient (Wildman–Crippen LogP) is 3.84. The number of furan rings is 1. The van der Waals surface area contributed by atoms with Gasteiger partial charge in [-0.3, -0.25) is 0 Å². The van der Waals surface area contributed by atoms with Crippen molar-refractivity contribution in [2.75, 3.05) is 13.1 Å². The largest absolute Gasteiger partial charge is 0.464 e. The van der Waals surface area contributed by atoms with Gasteiger partial charge in [0.1, 0.15) is 5.58 Å². The van der Waals surface area contributed by atoms with Crippen LogP contribution < -0.4 is 5.32 Å². The Morgan fingerprint density at radius 1 is 1.17 bits per heavy atom. The van der Waals surface area contributed by atoms with Gasteiger partial charge >= 0.3 is 0 Å². The van der Waals surface area contributed by atoms with Gasteiger partial charge in [-0.2, -0.15) is 0 Å². The van der Waals surface area contributed by atoms with Gasteiger partial charge in [0.15, 0.2) is 0 Å². The third-order valence-corrected chi connectivity index (χ3v) is 3.33. The molecule has 0 spiro atoms. The van der Waals surface area contributed by atoms with Crippen LogP contribution in [0, 0.1) is 19.8 Å². The third kappa shape index (κ3) is 2.75. The lowest BCUT2D eigenvalue weighted by atomic mass is 10.0. The first kappa shape index (κ1) is 13.2. The molecule has 0 saturated carbocycles. The molecule has 18 heavy (non-hydrogen) atoms. The van der Waals surface area contributed by atoms with Crippen LogP contribution in [-0.2, 0) is 6.42 Å². The molecule has 0 bridgehead atoms. The molecule has 0 aliphatic carbocycles. The van der Waals surface area contributed by atoms with Crippen LogP contribution in [0.4, 0.5) is 0 Å². The number of hydrogen-bond donors (Lipinski definition) is 1. The van der Waals surface area contributed by atoms with Crippen molar-refractivity contribution in [3.63, 3.8) is 0 Å². The second kappa shape index (κ2) is 5.57. The van der Waals surface area contributed by atoms with E-state index in [0.29, 0.717) is 5.92 Å². The molecule has 1 aromatic carbocycles. The van der Waals surface area contributed by atoms with Crippen molar-refractivity contribution < 1.29 is 4.42 Å². The summed E-state index contributed by atoms with van der Waals surface area (Å²) >= 11 is 0. The Labute approximate surface area is 109 Å². The van der Waals surface area contributed by atoms with Crippen molar-refractivity contribution in [3.8, 4) is 0 Å². The zero-order valence-electron chi connectivity index (χ0n) is 11.8. The molecule has 0 aliphatic rings. The van der Waals surface area contributed by atoms with Gasteiger partial charge in [0.25, 0.3) is 0 Å². The van der Waals surface area contributed by atoms with Crippen molar-refractivity contribution >= 4 is 11.0 Å². The number of rotatable bonds is 5. The summed E-state index contributed by atoms with van der Waals surface area (Å²) in [5.74, 6) is 0.704. The second-order valence-corrected chi connectivity index (χ2v) is 5.51. The maximum absolute atomic E-state index is 5.71. The minimum atomic E-state index is 0.704. The first-order chi connectivity index (χ1) is 8.59. The Kier molecular flexibility index (Phi) is 4.07. The van der Waals surface area contributed by atoms with E-state index in [2.05, 4.69) is 45.1 Å². The molecular weight excluding hydrogens is 222 g/mol. The van der Waals surface area contributed by atoms with E-state index >= 15 is 0 Å². The molecule has 2 nitrogen and oxygen atoms in total. The highest BCUT2D eigenvalue weighted by atomic mass is 16.3. The van der Waals surface area contributed by atoms with Gasteiger partial charge in [0.05, 0.1) is 6.26 Å². The zero-order chi connectivity index (χ0) is 13.1. The molecule has 2 aromatic rings. The van der Waals surface area contributed by atoms with Crippen LogP contribution in [0.3, 0.4) is 0 Å². The molecule has 2 rings (SSSR count). The normalized spacial score (nSPS) is 11.6. The lowest BCUT2D eigenvalue weighted by Gasteiger charge is -2.07. The van der Waals surface area contributed by atoms with E-state index in [4.69, 9.17) is 4.42 Å². The number of fused-ring (bicyclic) bond motifs is 1. The number of aryl methyl sites for hydroxylation is 2. The highest BCUT2D eigenvalue weighted by Gasteiger charge is 2.10. The fraction of sp³-hybridized carbons (Fsp3) is 0.500. The summed E-state index contributed by atoms with van der Waals surface area (Å²) in [7, 11) is 0. The van der Waals surface area contributed by atoms with Gasteiger partial charge in [0, 0.05) is 5.39 Å². The highest BCUT2D eigenvalue weighted by Crippen LogP contribution is 2.27. The first-order valence-corrected chi connectivity index (χ1v) is 6.76. The van der Waals surface area contributed by atoms with Gasteiger partial charge in [0.2, 0.25) is 0 Å².